The Balaban J connectivity index is 2.42. The molecule has 1 aromatic carbocycles. The molecule has 1 atom stereocenters. The van der Waals surface area contributed by atoms with Crippen molar-refractivity contribution in [2.45, 2.75) is 6.92 Å². The minimum atomic E-state index is -0.359. The van der Waals surface area contributed by atoms with Crippen molar-refractivity contribution in [1.82, 2.24) is 9.55 Å². The van der Waals surface area contributed by atoms with E-state index in [1.807, 2.05) is 30.5 Å². The molecule has 4 N–H and O–H groups in total. The fourth-order valence-corrected chi connectivity index (χ4v) is 2.57. The molecule has 122 valence electrons. The second-order valence-electron chi connectivity index (χ2n) is 5.04. The summed E-state index contributed by atoms with van der Waals surface area (Å²) < 4.78 is 4.64. The highest BCUT2D eigenvalue weighted by Gasteiger charge is 2.14. The number of anilines is 2. The van der Waals surface area contributed by atoms with E-state index < -0.39 is 0 Å². The smallest absolute Gasteiger partial charge is 0.322 e. The molecule has 0 radical (unpaired) electrons. The van der Waals surface area contributed by atoms with Crippen LogP contribution in [0.3, 0.4) is 0 Å². The number of hydrogen-bond donors (Lipinski definition) is 2. The summed E-state index contributed by atoms with van der Waals surface area (Å²) in [4.78, 5) is 27.5. The summed E-state index contributed by atoms with van der Waals surface area (Å²) in [5.74, 6) is -0.0282. The van der Waals surface area contributed by atoms with E-state index in [1.165, 1.54) is 11.5 Å². The van der Waals surface area contributed by atoms with Crippen LogP contribution >= 0.6 is 0 Å². The second-order valence-corrected chi connectivity index (χ2v) is 6.80. The van der Waals surface area contributed by atoms with Gasteiger partial charge in [0.05, 0.1) is 11.4 Å². The second kappa shape index (κ2) is 7.30. The third kappa shape index (κ3) is 4.33. The normalized spacial score (nSPS) is 11.8. The van der Waals surface area contributed by atoms with Crippen molar-refractivity contribution >= 4 is 28.5 Å². The molecule has 1 aromatic heterocycles. The van der Waals surface area contributed by atoms with Gasteiger partial charge >= 0.3 is 5.94 Å². The highest BCUT2D eigenvalue weighted by Crippen LogP contribution is 2.21. The van der Waals surface area contributed by atoms with Crippen molar-refractivity contribution in [3.8, 4) is 11.3 Å². The molecule has 2 rings (SSSR count). The molecule has 1 amide bonds. The van der Waals surface area contributed by atoms with Crippen molar-refractivity contribution in [1.29, 1.82) is 0 Å². The molecule has 7 nitrogen and oxygen atoms in total. The SMILES string of the molecule is CC(=O)Nc1nc(-c2cccc(N[S+](C)C[OH2+])c2)cn(C)c1=O. The van der Waals surface area contributed by atoms with Crippen LogP contribution in [0.4, 0.5) is 11.5 Å². The van der Waals surface area contributed by atoms with Crippen LogP contribution in [0.25, 0.3) is 11.3 Å². The van der Waals surface area contributed by atoms with Gasteiger partial charge in [-0.25, -0.2) is 9.71 Å². The first-order valence-corrected chi connectivity index (χ1v) is 8.70. The quantitative estimate of drug-likeness (QED) is 0.784. The van der Waals surface area contributed by atoms with Crippen molar-refractivity contribution < 1.29 is 9.90 Å². The van der Waals surface area contributed by atoms with Gasteiger partial charge in [-0.05, 0) is 12.1 Å². The molecular weight excluding hydrogens is 316 g/mol. The molecule has 0 saturated carbocycles. The first-order chi connectivity index (χ1) is 10.9. The number of carbonyl (C=O) groups excluding carboxylic acids is 1. The van der Waals surface area contributed by atoms with Gasteiger partial charge in [-0.3, -0.25) is 9.59 Å². The Hall–Kier alpha value is -2.32. The lowest BCUT2D eigenvalue weighted by molar-refractivity contribution is -0.114. The highest BCUT2D eigenvalue weighted by molar-refractivity contribution is 7.97. The van der Waals surface area contributed by atoms with E-state index >= 15 is 0 Å². The Morgan fingerprint density at radius 3 is 2.83 bits per heavy atom. The Morgan fingerprint density at radius 1 is 1.43 bits per heavy atom. The van der Waals surface area contributed by atoms with E-state index in [9.17, 15) is 9.59 Å². The molecule has 0 aliphatic rings. The first kappa shape index (κ1) is 17.0. The molecule has 0 bridgehead atoms. The van der Waals surface area contributed by atoms with Gasteiger partial charge in [0.1, 0.15) is 6.26 Å². The van der Waals surface area contributed by atoms with Crippen LogP contribution in [0.15, 0.2) is 35.3 Å². The van der Waals surface area contributed by atoms with Crippen LogP contribution in [-0.2, 0) is 22.9 Å². The number of hydrogen-bond acceptors (Lipinski definition) is 4. The molecule has 0 aliphatic heterocycles. The van der Waals surface area contributed by atoms with Crippen molar-refractivity contribution in [3.05, 3.63) is 40.8 Å². The number of aryl methyl sites for hydroxylation is 1. The van der Waals surface area contributed by atoms with E-state index in [0.29, 0.717) is 11.6 Å². The van der Waals surface area contributed by atoms with Gasteiger partial charge < -0.3 is 15.0 Å². The summed E-state index contributed by atoms with van der Waals surface area (Å²) in [6.07, 6.45) is 3.59. The summed E-state index contributed by atoms with van der Waals surface area (Å²) in [6, 6.07) is 7.58. The fraction of sp³-hybridized carbons (Fsp3) is 0.267. The van der Waals surface area contributed by atoms with Crippen LogP contribution < -0.4 is 15.6 Å². The van der Waals surface area contributed by atoms with Crippen LogP contribution in [-0.4, -0.2) is 32.8 Å². The highest BCUT2D eigenvalue weighted by atomic mass is 32.2. The average molecular weight is 336 g/mol. The molecule has 0 spiro atoms. The van der Waals surface area contributed by atoms with Crippen molar-refractivity contribution in [3.63, 3.8) is 0 Å². The third-order valence-corrected chi connectivity index (χ3v) is 4.05. The summed E-state index contributed by atoms with van der Waals surface area (Å²) in [7, 11) is 1.62. The van der Waals surface area contributed by atoms with Gasteiger partial charge in [0.2, 0.25) is 5.91 Å². The average Bonchev–Trinajstić information content (AvgIpc) is 2.51. The van der Waals surface area contributed by atoms with Gasteiger partial charge in [0, 0.05) is 25.7 Å². The van der Waals surface area contributed by atoms with Crippen LogP contribution in [0.2, 0.25) is 0 Å². The zero-order valence-corrected chi connectivity index (χ0v) is 14.0. The molecule has 0 aliphatic carbocycles. The van der Waals surface area contributed by atoms with E-state index in [2.05, 4.69) is 15.0 Å². The Kier molecular flexibility index (Phi) is 5.41. The first-order valence-electron chi connectivity index (χ1n) is 6.90. The van der Waals surface area contributed by atoms with Gasteiger partial charge in [0.25, 0.3) is 5.56 Å². The zero-order valence-electron chi connectivity index (χ0n) is 13.2. The molecule has 1 heterocycles. The number of aromatic nitrogens is 2. The molecule has 2 aromatic rings. The Labute approximate surface area is 136 Å². The number of rotatable bonds is 5. The lowest BCUT2D eigenvalue weighted by atomic mass is 10.1. The van der Waals surface area contributed by atoms with E-state index in [0.717, 1.165) is 11.3 Å². The van der Waals surface area contributed by atoms with Crippen LogP contribution in [0, 0.1) is 0 Å². The Bertz CT molecular complexity index is 776. The monoisotopic (exact) mass is 336 g/mol. The molecule has 1 unspecified atom stereocenters. The van der Waals surface area contributed by atoms with Gasteiger partial charge in [-0.2, -0.15) is 0 Å². The number of benzene rings is 1. The molecule has 0 saturated heterocycles. The topological polar surface area (TPSA) is 98.9 Å². The molecule has 8 heteroatoms. The van der Waals surface area contributed by atoms with Crippen LogP contribution in [0.1, 0.15) is 6.92 Å². The minimum absolute atomic E-state index is 0.0114. The lowest BCUT2D eigenvalue weighted by Gasteiger charge is -2.09. The zero-order chi connectivity index (χ0) is 17.0. The summed E-state index contributed by atoms with van der Waals surface area (Å²) in [6.45, 7) is 1.33. The number of carbonyl (C=O) groups is 1. The maximum absolute atomic E-state index is 12.0. The van der Waals surface area contributed by atoms with Gasteiger partial charge in [-0.15, -0.1) is 0 Å². The van der Waals surface area contributed by atoms with E-state index in [1.54, 1.807) is 13.2 Å². The number of amides is 1. The lowest BCUT2D eigenvalue weighted by Crippen LogP contribution is -2.24. The molecular formula is C15H20N4O3S+2. The Morgan fingerprint density at radius 2 is 2.17 bits per heavy atom. The predicted octanol–water partition coefficient (Wildman–Crippen LogP) is 0.663. The largest absolute Gasteiger partial charge is 0.405 e. The van der Waals surface area contributed by atoms with E-state index in [4.69, 9.17) is 5.11 Å². The maximum atomic E-state index is 12.0. The third-order valence-electron chi connectivity index (χ3n) is 3.03. The van der Waals surface area contributed by atoms with Gasteiger partial charge in [0.15, 0.2) is 16.9 Å². The number of nitrogens with one attached hydrogen (secondary N) is 2. The summed E-state index contributed by atoms with van der Waals surface area (Å²) in [5, 5.41) is 9.84. The summed E-state index contributed by atoms with van der Waals surface area (Å²) in [5.41, 5.74) is 1.93. The van der Waals surface area contributed by atoms with Crippen molar-refractivity contribution in [2.75, 3.05) is 22.2 Å². The maximum Gasteiger partial charge on any atom is 0.322 e. The minimum Gasteiger partial charge on any atom is -0.405 e. The summed E-state index contributed by atoms with van der Waals surface area (Å²) >= 11 is -0.229. The predicted molar refractivity (Wildman–Crippen MR) is 94.6 cm³/mol. The number of nitrogens with zero attached hydrogens (tertiary/aromatic N) is 2. The van der Waals surface area contributed by atoms with Crippen LogP contribution in [0.5, 0.6) is 0 Å². The van der Waals surface area contributed by atoms with Gasteiger partial charge in [-0.1, -0.05) is 12.1 Å². The molecule has 23 heavy (non-hydrogen) atoms. The van der Waals surface area contributed by atoms with E-state index in [-0.39, 0.29) is 28.4 Å². The van der Waals surface area contributed by atoms with Crippen molar-refractivity contribution in [2.24, 2.45) is 7.05 Å². The molecule has 0 fully saturated rings. The standard InChI is InChI=1S/C15H18N4O3S/c1-10(21)16-14-15(22)19(2)8-13(17-14)11-5-4-6-12(7-11)18-23(3)9-20/h4-8,18,20H,9H2,1-3H3/p+2. The fourth-order valence-electron chi connectivity index (χ4n) is 1.97.